The summed E-state index contributed by atoms with van der Waals surface area (Å²) >= 11 is 5.27. The smallest absolute Gasteiger partial charge is 0.387 e. The number of anilines is 2. The number of hydrogen-bond donors (Lipinski definition) is 2. The molecule has 0 aliphatic carbocycles. The van der Waals surface area contributed by atoms with Crippen molar-refractivity contribution in [3.05, 3.63) is 42.7 Å². The van der Waals surface area contributed by atoms with Crippen LogP contribution in [-0.4, -0.2) is 26.5 Å². The molecule has 0 bridgehead atoms. The Morgan fingerprint density at radius 2 is 1.81 bits per heavy atom. The van der Waals surface area contributed by atoms with E-state index < -0.39 is 6.61 Å². The monoisotopic (exact) mass is 377 g/mol. The molecule has 9 heteroatoms. The molecule has 0 amide bonds. The number of halogens is 2. The number of hydrogen-bond acceptors (Lipinski definition) is 4. The minimum atomic E-state index is -2.85. The van der Waals surface area contributed by atoms with Gasteiger partial charge in [-0.15, -0.1) is 0 Å². The maximum absolute atomic E-state index is 12.1. The SMILES string of the molecule is CC(C)n1ncc2cc(NC(=S)Nc3ccc(OC(F)F)cc3)cnc21. The first-order chi connectivity index (χ1) is 12.4. The Labute approximate surface area is 154 Å². The number of thiocarbonyl (C=S) groups is 1. The van der Waals surface area contributed by atoms with Crippen molar-refractivity contribution in [1.29, 1.82) is 0 Å². The van der Waals surface area contributed by atoms with Crippen molar-refractivity contribution in [1.82, 2.24) is 14.8 Å². The summed E-state index contributed by atoms with van der Waals surface area (Å²) in [6.07, 6.45) is 3.43. The normalized spacial score (nSPS) is 11.2. The number of rotatable bonds is 5. The summed E-state index contributed by atoms with van der Waals surface area (Å²) in [6.45, 7) is 1.23. The highest BCUT2D eigenvalue weighted by Gasteiger charge is 2.09. The minimum Gasteiger partial charge on any atom is -0.435 e. The summed E-state index contributed by atoms with van der Waals surface area (Å²) < 4.78 is 30.4. The molecular formula is C17H17F2N5OS. The Hall–Kier alpha value is -2.81. The first kappa shape index (κ1) is 18.0. The number of fused-ring (bicyclic) bond motifs is 1. The van der Waals surface area contributed by atoms with Crippen molar-refractivity contribution in [2.24, 2.45) is 0 Å². The summed E-state index contributed by atoms with van der Waals surface area (Å²) in [6, 6.07) is 8.19. The summed E-state index contributed by atoms with van der Waals surface area (Å²) in [5.74, 6) is 0.0845. The predicted octanol–water partition coefficient (Wildman–Crippen LogP) is 4.42. The van der Waals surface area contributed by atoms with Gasteiger partial charge in [-0.2, -0.15) is 13.9 Å². The van der Waals surface area contributed by atoms with Crippen LogP contribution in [0.3, 0.4) is 0 Å². The van der Waals surface area contributed by atoms with Gasteiger partial charge < -0.3 is 15.4 Å². The first-order valence-corrected chi connectivity index (χ1v) is 8.29. The van der Waals surface area contributed by atoms with Gasteiger partial charge in [0.05, 0.1) is 18.1 Å². The fraction of sp³-hybridized carbons (Fsp3) is 0.235. The zero-order chi connectivity index (χ0) is 18.7. The lowest BCUT2D eigenvalue weighted by Gasteiger charge is -2.11. The molecule has 2 N–H and O–H groups in total. The number of nitrogens with one attached hydrogen (secondary N) is 2. The zero-order valence-electron chi connectivity index (χ0n) is 14.1. The third kappa shape index (κ3) is 4.23. The van der Waals surface area contributed by atoms with Gasteiger partial charge in [0.2, 0.25) is 0 Å². The number of nitrogens with zero attached hydrogens (tertiary/aromatic N) is 3. The van der Waals surface area contributed by atoms with Gasteiger partial charge in [-0.25, -0.2) is 9.67 Å². The lowest BCUT2D eigenvalue weighted by atomic mass is 10.3. The van der Waals surface area contributed by atoms with Crippen molar-refractivity contribution in [2.45, 2.75) is 26.5 Å². The van der Waals surface area contributed by atoms with Crippen LogP contribution in [0.1, 0.15) is 19.9 Å². The van der Waals surface area contributed by atoms with E-state index in [1.54, 1.807) is 24.5 Å². The van der Waals surface area contributed by atoms with Crippen molar-refractivity contribution >= 4 is 39.7 Å². The molecule has 0 aliphatic heterocycles. The van der Waals surface area contributed by atoms with Crippen molar-refractivity contribution in [3.63, 3.8) is 0 Å². The van der Waals surface area contributed by atoms with Crippen LogP contribution in [0.25, 0.3) is 11.0 Å². The third-order valence-corrected chi connectivity index (χ3v) is 3.72. The molecule has 0 spiro atoms. The molecule has 1 aromatic carbocycles. The van der Waals surface area contributed by atoms with Gasteiger partial charge in [0.15, 0.2) is 10.8 Å². The highest BCUT2D eigenvalue weighted by Crippen LogP contribution is 2.20. The van der Waals surface area contributed by atoms with Crippen LogP contribution in [0.2, 0.25) is 0 Å². The molecule has 0 aliphatic rings. The predicted molar refractivity (Wildman–Crippen MR) is 101 cm³/mol. The van der Waals surface area contributed by atoms with E-state index in [0.29, 0.717) is 10.8 Å². The van der Waals surface area contributed by atoms with Crippen molar-refractivity contribution < 1.29 is 13.5 Å². The van der Waals surface area contributed by atoms with E-state index in [1.807, 2.05) is 24.6 Å². The maximum atomic E-state index is 12.1. The van der Waals surface area contributed by atoms with Crippen LogP contribution in [0.5, 0.6) is 5.75 Å². The Balaban J connectivity index is 1.65. The summed E-state index contributed by atoms with van der Waals surface area (Å²) in [4.78, 5) is 4.42. The van der Waals surface area contributed by atoms with E-state index in [-0.39, 0.29) is 11.8 Å². The van der Waals surface area contributed by atoms with Crippen molar-refractivity contribution in [2.75, 3.05) is 10.6 Å². The number of aromatic nitrogens is 3. The molecule has 0 saturated heterocycles. The van der Waals surface area contributed by atoms with Crippen LogP contribution in [0.4, 0.5) is 20.2 Å². The summed E-state index contributed by atoms with van der Waals surface area (Å²) in [5.41, 5.74) is 2.17. The van der Waals surface area contributed by atoms with E-state index in [2.05, 4.69) is 25.5 Å². The second-order valence-corrected chi connectivity index (χ2v) is 6.21. The average Bonchev–Trinajstić information content (AvgIpc) is 2.99. The van der Waals surface area contributed by atoms with Crippen LogP contribution >= 0.6 is 12.2 Å². The molecule has 0 atom stereocenters. The van der Waals surface area contributed by atoms with E-state index in [1.165, 1.54) is 12.1 Å². The van der Waals surface area contributed by atoms with E-state index >= 15 is 0 Å². The van der Waals surface area contributed by atoms with E-state index in [0.717, 1.165) is 16.7 Å². The van der Waals surface area contributed by atoms with Crippen LogP contribution in [-0.2, 0) is 0 Å². The molecule has 3 rings (SSSR count). The lowest BCUT2D eigenvalue weighted by molar-refractivity contribution is -0.0498. The molecular weight excluding hydrogens is 360 g/mol. The van der Waals surface area contributed by atoms with Gasteiger partial charge in [-0.3, -0.25) is 0 Å². The highest BCUT2D eigenvalue weighted by atomic mass is 32.1. The number of alkyl halides is 2. The molecule has 0 saturated carbocycles. The van der Waals surface area contributed by atoms with Crippen LogP contribution in [0, 0.1) is 0 Å². The Kier molecular flexibility index (Phi) is 5.27. The van der Waals surface area contributed by atoms with Gasteiger partial charge in [0.25, 0.3) is 0 Å². The van der Waals surface area contributed by atoms with Crippen LogP contribution in [0.15, 0.2) is 42.7 Å². The number of ether oxygens (including phenoxy) is 1. The van der Waals surface area contributed by atoms with Gasteiger partial charge in [0.1, 0.15) is 5.75 Å². The van der Waals surface area contributed by atoms with E-state index in [9.17, 15) is 8.78 Å². The molecule has 136 valence electrons. The molecule has 6 nitrogen and oxygen atoms in total. The highest BCUT2D eigenvalue weighted by molar-refractivity contribution is 7.80. The Bertz CT molecular complexity index is 911. The second-order valence-electron chi connectivity index (χ2n) is 5.80. The fourth-order valence-electron chi connectivity index (χ4n) is 2.40. The molecule has 3 aromatic rings. The quantitative estimate of drug-likeness (QED) is 0.642. The number of benzene rings is 1. The lowest BCUT2D eigenvalue weighted by Crippen LogP contribution is -2.19. The summed E-state index contributed by atoms with van der Waals surface area (Å²) in [5, 5.41) is 11.6. The van der Waals surface area contributed by atoms with Crippen LogP contribution < -0.4 is 15.4 Å². The standard InChI is InChI=1S/C17H17F2N5OS/c1-10(2)24-15-11(8-21-24)7-13(9-20-15)23-17(26)22-12-3-5-14(6-4-12)25-16(18)19/h3-10,16H,1-2H3,(H2,22,23,26). The molecule has 0 unspecified atom stereocenters. The molecule has 2 heterocycles. The fourth-order valence-corrected chi connectivity index (χ4v) is 2.64. The largest absolute Gasteiger partial charge is 0.435 e. The molecule has 2 aromatic heterocycles. The van der Waals surface area contributed by atoms with Gasteiger partial charge in [-0.1, -0.05) is 0 Å². The third-order valence-electron chi connectivity index (χ3n) is 3.52. The molecule has 26 heavy (non-hydrogen) atoms. The topological polar surface area (TPSA) is 64.0 Å². The number of pyridine rings is 1. The first-order valence-electron chi connectivity index (χ1n) is 7.88. The average molecular weight is 377 g/mol. The van der Waals surface area contributed by atoms with Crippen molar-refractivity contribution in [3.8, 4) is 5.75 Å². The van der Waals surface area contributed by atoms with Gasteiger partial charge >= 0.3 is 6.61 Å². The minimum absolute atomic E-state index is 0.0845. The van der Waals surface area contributed by atoms with Gasteiger partial charge in [0, 0.05) is 17.1 Å². The summed E-state index contributed by atoms with van der Waals surface area (Å²) in [7, 11) is 0. The molecule has 0 radical (unpaired) electrons. The Morgan fingerprint density at radius 1 is 1.12 bits per heavy atom. The maximum Gasteiger partial charge on any atom is 0.387 e. The zero-order valence-corrected chi connectivity index (χ0v) is 14.9. The van der Waals surface area contributed by atoms with Gasteiger partial charge in [-0.05, 0) is 56.4 Å². The molecule has 0 fully saturated rings. The Morgan fingerprint density at radius 3 is 2.46 bits per heavy atom. The second kappa shape index (κ2) is 7.61. The van der Waals surface area contributed by atoms with E-state index in [4.69, 9.17) is 12.2 Å².